The SMILES string of the molecule is O=C(c1cc(Cl)ccc1F)N1CCC[C@@H]1c1cccs1. The second kappa shape index (κ2) is 5.54. The van der Waals surface area contributed by atoms with Gasteiger partial charge in [0.1, 0.15) is 5.82 Å². The number of likely N-dealkylation sites (tertiary alicyclic amines) is 1. The largest absolute Gasteiger partial charge is 0.331 e. The van der Waals surface area contributed by atoms with E-state index in [1.807, 2.05) is 17.5 Å². The lowest BCUT2D eigenvalue weighted by atomic mass is 10.1. The predicted molar refractivity (Wildman–Crippen MR) is 78.7 cm³/mol. The molecular weight excluding hydrogens is 297 g/mol. The van der Waals surface area contributed by atoms with E-state index >= 15 is 0 Å². The Morgan fingerprint density at radius 2 is 2.25 bits per heavy atom. The highest BCUT2D eigenvalue weighted by Crippen LogP contribution is 2.35. The zero-order valence-electron chi connectivity index (χ0n) is 10.7. The minimum atomic E-state index is -0.517. The van der Waals surface area contributed by atoms with Crippen LogP contribution < -0.4 is 0 Å². The van der Waals surface area contributed by atoms with Gasteiger partial charge < -0.3 is 4.90 Å². The lowest BCUT2D eigenvalue weighted by Crippen LogP contribution is -2.30. The molecule has 0 aliphatic carbocycles. The fraction of sp³-hybridized carbons (Fsp3) is 0.267. The maximum atomic E-state index is 13.8. The monoisotopic (exact) mass is 309 g/mol. The van der Waals surface area contributed by atoms with Crippen LogP contribution in [-0.2, 0) is 0 Å². The second-order valence-corrected chi connectivity index (χ2v) is 6.21. The number of carbonyl (C=O) groups excluding carboxylic acids is 1. The van der Waals surface area contributed by atoms with Gasteiger partial charge in [-0.2, -0.15) is 0 Å². The molecule has 0 saturated carbocycles. The van der Waals surface area contributed by atoms with Crippen molar-refractivity contribution in [2.24, 2.45) is 0 Å². The molecule has 104 valence electrons. The highest BCUT2D eigenvalue weighted by atomic mass is 35.5. The van der Waals surface area contributed by atoms with Gasteiger partial charge in [-0.05, 0) is 42.5 Å². The molecule has 0 radical (unpaired) electrons. The summed E-state index contributed by atoms with van der Waals surface area (Å²) in [6, 6.07) is 8.15. The standard InChI is InChI=1S/C15H13ClFNOS/c16-10-5-6-12(17)11(9-10)15(19)18-7-1-3-13(18)14-4-2-8-20-14/h2,4-6,8-9,13H,1,3,7H2/t13-/m1/s1. The topological polar surface area (TPSA) is 20.3 Å². The first kappa shape index (κ1) is 13.6. The van der Waals surface area contributed by atoms with Crippen LogP contribution in [0, 0.1) is 5.82 Å². The van der Waals surface area contributed by atoms with Crippen molar-refractivity contribution in [2.45, 2.75) is 18.9 Å². The van der Waals surface area contributed by atoms with Gasteiger partial charge in [0.05, 0.1) is 11.6 Å². The Morgan fingerprint density at radius 1 is 1.40 bits per heavy atom. The summed E-state index contributed by atoms with van der Waals surface area (Å²) in [6.45, 7) is 0.660. The number of rotatable bonds is 2. The summed E-state index contributed by atoms with van der Waals surface area (Å²) >= 11 is 7.50. The molecule has 0 bridgehead atoms. The van der Waals surface area contributed by atoms with Crippen molar-refractivity contribution in [1.82, 2.24) is 4.90 Å². The van der Waals surface area contributed by atoms with E-state index in [0.717, 1.165) is 17.7 Å². The molecule has 20 heavy (non-hydrogen) atoms. The molecule has 1 saturated heterocycles. The van der Waals surface area contributed by atoms with Gasteiger partial charge in [0, 0.05) is 16.4 Å². The van der Waals surface area contributed by atoms with Gasteiger partial charge in [-0.15, -0.1) is 11.3 Å². The van der Waals surface area contributed by atoms with Gasteiger partial charge in [0.15, 0.2) is 0 Å². The minimum Gasteiger partial charge on any atom is -0.331 e. The number of carbonyl (C=O) groups is 1. The van der Waals surface area contributed by atoms with E-state index in [0.29, 0.717) is 11.6 Å². The summed E-state index contributed by atoms with van der Waals surface area (Å²) in [5, 5.41) is 2.37. The zero-order chi connectivity index (χ0) is 14.1. The van der Waals surface area contributed by atoms with Crippen LogP contribution in [-0.4, -0.2) is 17.4 Å². The Balaban J connectivity index is 1.91. The molecule has 0 N–H and O–H groups in total. The maximum Gasteiger partial charge on any atom is 0.257 e. The van der Waals surface area contributed by atoms with Crippen LogP contribution in [0.2, 0.25) is 5.02 Å². The van der Waals surface area contributed by atoms with Gasteiger partial charge in [-0.1, -0.05) is 17.7 Å². The third-order valence-electron chi connectivity index (χ3n) is 3.54. The number of hydrogen-bond donors (Lipinski definition) is 0. The number of amides is 1. The number of thiophene rings is 1. The van der Waals surface area contributed by atoms with Crippen molar-refractivity contribution in [1.29, 1.82) is 0 Å². The molecule has 1 amide bonds. The molecule has 0 spiro atoms. The molecule has 1 fully saturated rings. The van der Waals surface area contributed by atoms with Crippen molar-refractivity contribution in [3.05, 3.63) is 57.0 Å². The average molecular weight is 310 g/mol. The Kier molecular flexibility index (Phi) is 3.76. The number of benzene rings is 1. The molecule has 2 nitrogen and oxygen atoms in total. The van der Waals surface area contributed by atoms with Gasteiger partial charge in [-0.25, -0.2) is 4.39 Å². The zero-order valence-corrected chi connectivity index (χ0v) is 12.3. The van der Waals surface area contributed by atoms with Gasteiger partial charge in [0.2, 0.25) is 0 Å². The van der Waals surface area contributed by atoms with Crippen LogP contribution in [0.5, 0.6) is 0 Å². The molecule has 1 aromatic carbocycles. The lowest BCUT2D eigenvalue weighted by molar-refractivity contribution is 0.0733. The lowest BCUT2D eigenvalue weighted by Gasteiger charge is -2.24. The third-order valence-corrected chi connectivity index (χ3v) is 4.75. The van der Waals surface area contributed by atoms with Crippen molar-refractivity contribution in [2.75, 3.05) is 6.54 Å². The van der Waals surface area contributed by atoms with E-state index in [-0.39, 0.29) is 17.5 Å². The van der Waals surface area contributed by atoms with Crippen molar-refractivity contribution < 1.29 is 9.18 Å². The first-order valence-electron chi connectivity index (χ1n) is 6.46. The molecule has 5 heteroatoms. The molecule has 0 unspecified atom stereocenters. The van der Waals surface area contributed by atoms with E-state index in [1.54, 1.807) is 16.2 Å². The summed E-state index contributed by atoms with van der Waals surface area (Å²) in [4.78, 5) is 15.5. The highest BCUT2D eigenvalue weighted by Gasteiger charge is 2.32. The first-order chi connectivity index (χ1) is 9.66. The van der Waals surface area contributed by atoms with Gasteiger partial charge in [0.25, 0.3) is 5.91 Å². The van der Waals surface area contributed by atoms with Crippen LogP contribution >= 0.6 is 22.9 Å². The fourth-order valence-corrected chi connectivity index (χ4v) is 3.65. The van der Waals surface area contributed by atoms with E-state index in [9.17, 15) is 9.18 Å². The van der Waals surface area contributed by atoms with E-state index in [4.69, 9.17) is 11.6 Å². The predicted octanol–water partition coefficient (Wildman–Crippen LogP) is 4.52. The summed E-state index contributed by atoms with van der Waals surface area (Å²) in [5.74, 6) is -0.794. The Hall–Kier alpha value is -1.39. The summed E-state index contributed by atoms with van der Waals surface area (Å²) < 4.78 is 13.8. The molecule has 1 aromatic heterocycles. The molecule has 1 aliphatic heterocycles. The quantitative estimate of drug-likeness (QED) is 0.799. The minimum absolute atomic E-state index is 0.0564. The molecule has 3 rings (SSSR count). The summed E-state index contributed by atoms with van der Waals surface area (Å²) in [5.41, 5.74) is 0.0564. The number of nitrogens with zero attached hydrogens (tertiary/aromatic N) is 1. The second-order valence-electron chi connectivity index (χ2n) is 4.80. The van der Waals surface area contributed by atoms with Crippen molar-refractivity contribution >= 4 is 28.8 Å². The van der Waals surface area contributed by atoms with Crippen LogP contribution in [0.3, 0.4) is 0 Å². The van der Waals surface area contributed by atoms with Gasteiger partial charge >= 0.3 is 0 Å². The molecular formula is C15H13ClFNOS. The van der Waals surface area contributed by atoms with Gasteiger partial charge in [-0.3, -0.25) is 4.79 Å². The normalized spacial score (nSPS) is 18.5. The highest BCUT2D eigenvalue weighted by molar-refractivity contribution is 7.10. The number of hydrogen-bond acceptors (Lipinski definition) is 2. The maximum absolute atomic E-state index is 13.8. The Morgan fingerprint density at radius 3 is 3.00 bits per heavy atom. The number of halogens is 2. The third kappa shape index (κ3) is 2.45. The summed E-state index contributed by atoms with van der Waals surface area (Å²) in [6.07, 6.45) is 1.87. The van der Waals surface area contributed by atoms with Crippen molar-refractivity contribution in [3.8, 4) is 0 Å². The summed E-state index contributed by atoms with van der Waals surface area (Å²) in [7, 11) is 0. The van der Waals surface area contributed by atoms with Crippen LogP contribution in [0.25, 0.3) is 0 Å². The molecule has 1 atom stereocenters. The molecule has 2 aromatic rings. The van der Waals surface area contributed by atoms with E-state index < -0.39 is 5.82 Å². The molecule has 2 heterocycles. The van der Waals surface area contributed by atoms with Crippen LogP contribution in [0.4, 0.5) is 4.39 Å². The van der Waals surface area contributed by atoms with Crippen LogP contribution in [0.1, 0.15) is 34.1 Å². The average Bonchev–Trinajstić information content (AvgIpc) is 3.10. The van der Waals surface area contributed by atoms with E-state index in [2.05, 4.69) is 0 Å². The first-order valence-corrected chi connectivity index (χ1v) is 7.72. The Labute approximate surface area is 125 Å². The molecule has 1 aliphatic rings. The smallest absolute Gasteiger partial charge is 0.257 e. The van der Waals surface area contributed by atoms with Crippen LogP contribution in [0.15, 0.2) is 35.7 Å². The fourth-order valence-electron chi connectivity index (χ4n) is 2.60. The van der Waals surface area contributed by atoms with E-state index in [1.165, 1.54) is 18.2 Å². The Bertz CT molecular complexity index is 629. The van der Waals surface area contributed by atoms with Crippen molar-refractivity contribution in [3.63, 3.8) is 0 Å².